The third kappa shape index (κ3) is 8.83. The van der Waals surface area contributed by atoms with Crippen LogP contribution in [0.2, 0.25) is 0 Å². The molecule has 4 fully saturated rings. The van der Waals surface area contributed by atoms with Crippen LogP contribution in [-0.4, -0.2) is 125 Å². The Morgan fingerprint density at radius 3 is 2.37 bits per heavy atom. The number of fused-ring (bicyclic) bond motifs is 1. The first-order valence-electron chi connectivity index (χ1n) is 20.5. The van der Waals surface area contributed by atoms with E-state index >= 15 is 9.18 Å². The summed E-state index contributed by atoms with van der Waals surface area (Å²) in [4.78, 5) is 56.1. The van der Waals surface area contributed by atoms with E-state index in [1.165, 1.54) is 17.0 Å². The highest BCUT2D eigenvalue weighted by molar-refractivity contribution is 6.06. The summed E-state index contributed by atoms with van der Waals surface area (Å²) in [5.41, 5.74) is 3.07. The minimum Gasteiger partial charge on any atom is -0.489 e. The summed E-state index contributed by atoms with van der Waals surface area (Å²) in [7, 11) is 2.12. The normalized spacial score (nSPS) is 21.8. The van der Waals surface area contributed by atoms with Gasteiger partial charge in [-0.1, -0.05) is 72.8 Å². The van der Waals surface area contributed by atoms with Crippen LogP contribution in [0, 0.1) is 11.6 Å². The molecule has 3 amide bonds. The fourth-order valence-electron chi connectivity index (χ4n) is 8.48. The number of hydrazine groups is 1. The van der Waals surface area contributed by atoms with Crippen LogP contribution in [0.15, 0.2) is 103 Å². The quantitative estimate of drug-likeness (QED) is 0.194. The Bertz CT molecular complexity index is 2180. The van der Waals surface area contributed by atoms with Crippen LogP contribution >= 0.6 is 0 Å². The predicted molar refractivity (Wildman–Crippen MR) is 222 cm³/mol. The first-order chi connectivity index (χ1) is 29.2. The zero-order chi connectivity index (χ0) is 41.8. The molecular weight excluding hydrogens is 769 g/mol. The molecule has 13 nitrogen and oxygen atoms in total. The number of likely N-dealkylation sites (N-methyl/N-ethyl adjacent to an activating group) is 1. The average Bonchev–Trinajstić information content (AvgIpc) is 3.24. The van der Waals surface area contributed by atoms with E-state index in [0.717, 1.165) is 43.5 Å². The number of amides is 3. The lowest BCUT2D eigenvalue weighted by Gasteiger charge is -2.55. The van der Waals surface area contributed by atoms with Crippen molar-refractivity contribution in [3.63, 3.8) is 0 Å². The fourth-order valence-corrected chi connectivity index (χ4v) is 8.48. The summed E-state index contributed by atoms with van der Waals surface area (Å²) in [6, 6.07) is 22.5. The van der Waals surface area contributed by atoms with Gasteiger partial charge in [0.15, 0.2) is 6.04 Å². The Balaban J connectivity index is 1.08. The largest absolute Gasteiger partial charge is 0.489 e. The number of hydrogen-bond acceptors (Lipinski definition) is 10. The second-order valence-electron chi connectivity index (χ2n) is 15.8. The molecule has 2 N–H and O–H groups in total. The minimum atomic E-state index is -1.46. The van der Waals surface area contributed by atoms with Crippen molar-refractivity contribution in [3.05, 3.63) is 137 Å². The van der Waals surface area contributed by atoms with Crippen LogP contribution in [0.3, 0.4) is 0 Å². The van der Waals surface area contributed by atoms with Gasteiger partial charge in [0.05, 0.1) is 30.7 Å². The van der Waals surface area contributed by atoms with Crippen molar-refractivity contribution in [2.75, 3.05) is 57.8 Å². The molecule has 314 valence electrons. The van der Waals surface area contributed by atoms with Gasteiger partial charge in [0.1, 0.15) is 36.2 Å². The van der Waals surface area contributed by atoms with Gasteiger partial charge in [0.25, 0.3) is 5.91 Å². The Morgan fingerprint density at radius 1 is 0.950 bits per heavy atom. The number of carbonyl (C=O) groups is 3. The third-order valence-electron chi connectivity index (χ3n) is 11.8. The van der Waals surface area contributed by atoms with Gasteiger partial charge >= 0.3 is 0 Å². The molecule has 0 saturated carbocycles. The van der Waals surface area contributed by atoms with Gasteiger partial charge in [-0.3, -0.25) is 29.3 Å². The molecule has 5 heterocycles. The molecule has 0 bridgehead atoms. The van der Waals surface area contributed by atoms with Crippen LogP contribution < -0.4 is 20.3 Å². The van der Waals surface area contributed by atoms with Crippen molar-refractivity contribution in [2.24, 2.45) is 0 Å². The maximum atomic E-state index is 15.8. The van der Waals surface area contributed by atoms with E-state index in [1.54, 1.807) is 34.4 Å². The molecule has 1 aromatic heterocycles. The number of pyridine rings is 1. The summed E-state index contributed by atoms with van der Waals surface area (Å²) in [6.45, 7) is 7.55. The molecule has 4 saturated heterocycles. The monoisotopic (exact) mass is 819 g/mol. The number of benzene rings is 3. The van der Waals surface area contributed by atoms with E-state index in [1.807, 2.05) is 67.6 Å². The highest BCUT2D eigenvalue weighted by Crippen LogP contribution is 2.34. The number of carbonyl (C=O) groups excluding carboxylic acids is 3. The van der Waals surface area contributed by atoms with Crippen LogP contribution in [0.25, 0.3) is 0 Å². The van der Waals surface area contributed by atoms with Crippen molar-refractivity contribution in [1.82, 2.24) is 40.3 Å². The lowest BCUT2D eigenvalue weighted by molar-refractivity contribution is -0.198. The minimum absolute atomic E-state index is 0.0210. The Kier molecular flexibility index (Phi) is 12.4. The molecule has 0 spiro atoms. The van der Waals surface area contributed by atoms with E-state index in [-0.39, 0.29) is 38.2 Å². The zero-order valence-electron chi connectivity index (χ0n) is 33.9. The fraction of sp³-hybridized carbons (Fsp3) is 0.378. The molecule has 0 radical (unpaired) electrons. The van der Waals surface area contributed by atoms with Crippen LogP contribution in [0.5, 0.6) is 5.75 Å². The lowest BCUT2D eigenvalue weighted by atomic mass is 9.97. The SMILES string of the molecule is CC=CN1[C@H]2CNC(=O)[C@H](Cc3ccc(OCc4ccccc4)cc3F)N2C(=O)C(C(=O)NCc2ccccc2)N1Cc1ncc(F)cc1N1CC(N2CCN(C)CC2)C1. The van der Waals surface area contributed by atoms with E-state index in [0.29, 0.717) is 36.3 Å². The molecule has 0 aliphatic carbocycles. The van der Waals surface area contributed by atoms with Crippen molar-refractivity contribution in [2.45, 2.75) is 57.3 Å². The second-order valence-corrected chi connectivity index (χ2v) is 15.8. The number of aromatic nitrogens is 1. The van der Waals surface area contributed by atoms with Crippen molar-refractivity contribution in [3.8, 4) is 5.75 Å². The number of piperazine rings is 2. The molecule has 4 aliphatic rings. The maximum absolute atomic E-state index is 15.8. The van der Waals surface area contributed by atoms with Gasteiger partial charge in [0, 0.05) is 76.6 Å². The van der Waals surface area contributed by atoms with Crippen LogP contribution in [0.4, 0.5) is 14.5 Å². The smallest absolute Gasteiger partial charge is 0.253 e. The van der Waals surface area contributed by atoms with E-state index in [2.05, 4.69) is 37.4 Å². The maximum Gasteiger partial charge on any atom is 0.253 e. The molecular formula is C45H51F2N9O4. The molecule has 15 heteroatoms. The first kappa shape index (κ1) is 40.9. The molecule has 3 aromatic carbocycles. The number of anilines is 1. The van der Waals surface area contributed by atoms with Crippen molar-refractivity contribution < 1.29 is 27.9 Å². The summed E-state index contributed by atoms with van der Waals surface area (Å²) in [6.07, 6.45) is 3.77. The van der Waals surface area contributed by atoms with Gasteiger partial charge in [-0.05, 0) is 36.7 Å². The Labute approximate surface area is 349 Å². The van der Waals surface area contributed by atoms with Gasteiger partial charge < -0.3 is 30.1 Å². The molecule has 4 aliphatic heterocycles. The topological polar surface area (TPSA) is 117 Å². The molecule has 1 unspecified atom stereocenters. The predicted octanol–water partition coefficient (Wildman–Crippen LogP) is 3.52. The van der Waals surface area contributed by atoms with Crippen LogP contribution in [-0.2, 0) is 40.5 Å². The van der Waals surface area contributed by atoms with E-state index in [9.17, 15) is 14.0 Å². The standard InChI is InChI=1S/C45H51F2N9O4/c1-3-16-54-41-26-50-43(57)40(21-33-14-15-36(23-37(33)47)60-30-32-12-8-5-9-13-32)56(41)45(59)42(44(58)49-24-31-10-6-4-7-11-31)55(54)29-38-39(22-34(46)25-48-38)53-27-35(28-53)52-19-17-51(2)18-20-52/h3-16,22-23,25,35,40-42H,17-21,24,26-30H2,1-2H3,(H,49,58)(H,50,57)/t40-,41+,42?/m0/s1. The number of ether oxygens (including phenoxy) is 1. The second kappa shape index (κ2) is 18.2. The van der Waals surface area contributed by atoms with Crippen molar-refractivity contribution in [1.29, 1.82) is 0 Å². The van der Waals surface area contributed by atoms with Gasteiger partial charge in [-0.15, -0.1) is 0 Å². The van der Waals surface area contributed by atoms with E-state index in [4.69, 9.17) is 4.74 Å². The molecule has 8 rings (SSSR count). The van der Waals surface area contributed by atoms with E-state index < -0.39 is 47.6 Å². The summed E-state index contributed by atoms with van der Waals surface area (Å²) < 4.78 is 36.6. The summed E-state index contributed by atoms with van der Waals surface area (Å²) in [5.74, 6) is -2.41. The number of allylic oxidation sites excluding steroid dienone is 1. The van der Waals surface area contributed by atoms with Crippen LogP contribution in [0.1, 0.15) is 29.3 Å². The van der Waals surface area contributed by atoms with Gasteiger partial charge in [0.2, 0.25) is 11.8 Å². The van der Waals surface area contributed by atoms with Gasteiger partial charge in [-0.25, -0.2) is 8.78 Å². The third-order valence-corrected chi connectivity index (χ3v) is 11.8. The number of nitrogens with zero attached hydrogens (tertiary/aromatic N) is 7. The highest BCUT2D eigenvalue weighted by atomic mass is 19.1. The number of nitrogens with one attached hydrogen (secondary N) is 2. The summed E-state index contributed by atoms with van der Waals surface area (Å²) >= 11 is 0. The van der Waals surface area contributed by atoms with Gasteiger partial charge in [-0.2, -0.15) is 5.01 Å². The highest BCUT2D eigenvalue weighted by Gasteiger charge is 2.53. The number of hydrogen-bond donors (Lipinski definition) is 2. The Morgan fingerprint density at radius 2 is 1.67 bits per heavy atom. The number of rotatable bonds is 13. The molecule has 3 atom stereocenters. The van der Waals surface area contributed by atoms with Crippen molar-refractivity contribution >= 4 is 23.4 Å². The molecule has 60 heavy (non-hydrogen) atoms. The lowest BCUT2D eigenvalue weighted by Crippen LogP contribution is -2.77. The Hall–Kier alpha value is -5.90. The average molecular weight is 820 g/mol. The zero-order valence-corrected chi connectivity index (χ0v) is 33.9. The first-order valence-corrected chi connectivity index (χ1v) is 20.5. The molecule has 4 aromatic rings. The number of halogens is 2. The summed E-state index contributed by atoms with van der Waals surface area (Å²) in [5, 5.41) is 9.31.